The van der Waals surface area contributed by atoms with E-state index in [4.69, 9.17) is 0 Å². The van der Waals surface area contributed by atoms with Gasteiger partial charge in [0.15, 0.2) is 5.96 Å². The minimum absolute atomic E-state index is 0.313. The molecule has 24 heavy (non-hydrogen) atoms. The average molecular weight is 347 g/mol. The third kappa shape index (κ3) is 5.32. The fourth-order valence-corrected chi connectivity index (χ4v) is 3.12. The van der Waals surface area contributed by atoms with Crippen LogP contribution in [0, 0.1) is 6.92 Å². The lowest BCUT2D eigenvalue weighted by Gasteiger charge is -2.21. The van der Waals surface area contributed by atoms with Gasteiger partial charge in [-0.25, -0.2) is 4.99 Å². The van der Waals surface area contributed by atoms with Crippen molar-refractivity contribution in [3.8, 4) is 0 Å². The lowest BCUT2D eigenvalue weighted by molar-refractivity contribution is 0.0677. The summed E-state index contributed by atoms with van der Waals surface area (Å²) in [6.45, 7) is 7.76. The third-order valence-electron chi connectivity index (χ3n) is 3.86. The number of aliphatic imine (C=N–C) groups is 1. The van der Waals surface area contributed by atoms with E-state index in [2.05, 4.69) is 27.5 Å². The Morgan fingerprint density at radius 2 is 2.21 bits per heavy atom. The van der Waals surface area contributed by atoms with Gasteiger partial charge in [-0.15, -0.1) is 0 Å². The maximum absolute atomic E-state index is 10.6. The van der Waals surface area contributed by atoms with E-state index in [9.17, 15) is 5.11 Å². The van der Waals surface area contributed by atoms with Crippen molar-refractivity contribution in [2.75, 3.05) is 19.6 Å². The second kappa shape index (κ2) is 8.80. The van der Waals surface area contributed by atoms with Gasteiger partial charge in [-0.1, -0.05) is 0 Å². The topological polar surface area (TPSA) is 69.5 Å². The Morgan fingerprint density at radius 3 is 2.88 bits per heavy atom. The SMILES string of the molecule is CCNC(=NCC(C)(O)c1ccsc1)NCCc1ccncc1C. The summed E-state index contributed by atoms with van der Waals surface area (Å²) in [5.41, 5.74) is 2.42. The summed E-state index contributed by atoms with van der Waals surface area (Å²) >= 11 is 1.58. The molecule has 2 heterocycles. The molecule has 1 unspecified atom stereocenters. The number of nitrogens with zero attached hydrogens (tertiary/aromatic N) is 2. The molecule has 6 heteroatoms. The first-order chi connectivity index (χ1) is 11.5. The molecule has 130 valence electrons. The number of nitrogens with one attached hydrogen (secondary N) is 2. The van der Waals surface area contributed by atoms with Gasteiger partial charge in [0.1, 0.15) is 5.60 Å². The Kier molecular flexibility index (Phi) is 6.75. The number of aromatic nitrogens is 1. The molecule has 2 rings (SSSR count). The lowest BCUT2D eigenvalue weighted by atomic mass is 10.00. The fraction of sp³-hybridized carbons (Fsp3) is 0.444. The minimum Gasteiger partial charge on any atom is -0.383 e. The largest absolute Gasteiger partial charge is 0.383 e. The maximum atomic E-state index is 10.6. The Morgan fingerprint density at radius 1 is 1.38 bits per heavy atom. The molecule has 0 aliphatic carbocycles. The molecule has 2 aromatic heterocycles. The number of hydrogen-bond donors (Lipinski definition) is 3. The predicted octanol–water partition coefficient (Wildman–Crippen LogP) is 2.46. The molecule has 3 N–H and O–H groups in total. The molecule has 0 saturated carbocycles. The smallest absolute Gasteiger partial charge is 0.191 e. The molecule has 0 radical (unpaired) electrons. The highest BCUT2D eigenvalue weighted by Gasteiger charge is 2.23. The van der Waals surface area contributed by atoms with Crippen molar-refractivity contribution < 1.29 is 5.11 Å². The Hall–Kier alpha value is -1.92. The molecule has 0 saturated heterocycles. The maximum Gasteiger partial charge on any atom is 0.191 e. The summed E-state index contributed by atoms with van der Waals surface area (Å²) in [6, 6.07) is 3.98. The van der Waals surface area contributed by atoms with Crippen LogP contribution < -0.4 is 10.6 Å². The van der Waals surface area contributed by atoms with E-state index in [1.807, 2.05) is 42.2 Å². The van der Waals surface area contributed by atoms with E-state index in [0.717, 1.165) is 31.0 Å². The molecule has 0 aliphatic rings. The Labute approximate surface area is 147 Å². The number of pyridine rings is 1. The van der Waals surface area contributed by atoms with Crippen LogP contribution in [-0.2, 0) is 12.0 Å². The number of hydrogen-bond acceptors (Lipinski definition) is 4. The van der Waals surface area contributed by atoms with Gasteiger partial charge in [0.2, 0.25) is 0 Å². The Balaban J connectivity index is 1.92. The van der Waals surface area contributed by atoms with Gasteiger partial charge in [-0.2, -0.15) is 11.3 Å². The van der Waals surface area contributed by atoms with Crippen LogP contribution in [-0.4, -0.2) is 35.7 Å². The molecule has 2 aromatic rings. The predicted molar refractivity (Wildman–Crippen MR) is 101 cm³/mol. The van der Waals surface area contributed by atoms with Crippen LogP contribution in [0.4, 0.5) is 0 Å². The van der Waals surface area contributed by atoms with E-state index >= 15 is 0 Å². The highest BCUT2D eigenvalue weighted by molar-refractivity contribution is 7.08. The number of aryl methyl sites for hydroxylation is 1. The van der Waals surface area contributed by atoms with Crippen LogP contribution in [0.2, 0.25) is 0 Å². The zero-order valence-electron chi connectivity index (χ0n) is 14.5. The standard InChI is InChI=1S/C18H26N4OS/c1-4-20-17(21-9-6-15-5-8-19-11-14(15)2)22-13-18(3,23)16-7-10-24-12-16/h5,7-8,10-12,23H,4,6,9,13H2,1-3H3,(H2,20,21,22). The van der Waals surface area contributed by atoms with Crippen molar-refractivity contribution in [2.24, 2.45) is 4.99 Å². The van der Waals surface area contributed by atoms with E-state index in [1.54, 1.807) is 18.3 Å². The fourth-order valence-electron chi connectivity index (χ4n) is 2.34. The third-order valence-corrected chi connectivity index (χ3v) is 4.54. The first-order valence-corrected chi connectivity index (χ1v) is 9.14. The number of guanidine groups is 1. The average Bonchev–Trinajstić information content (AvgIpc) is 3.10. The number of aliphatic hydroxyl groups is 1. The molecule has 0 fully saturated rings. The van der Waals surface area contributed by atoms with Crippen LogP contribution in [0.15, 0.2) is 40.3 Å². The number of thiophene rings is 1. The second-order valence-corrected chi connectivity index (χ2v) is 6.74. The summed E-state index contributed by atoms with van der Waals surface area (Å²) in [7, 11) is 0. The van der Waals surface area contributed by atoms with Gasteiger partial charge in [-0.3, -0.25) is 4.98 Å². The van der Waals surface area contributed by atoms with E-state index in [-0.39, 0.29) is 0 Å². The molecule has 0 bridgehead atoms. The van der Waals surface area contributed by atoms with Crippen molar-refractivity contribution in [3.05, 3.63) is 52.0 Å². The van der Waals surface area contributed by atoms with E-state index < -0.39 is 5.60 Å². The van der Waals surface area contributed by atoms with E-state index in [1.165, 1.54) is 11.1 Å². The molecule has 5 nitrogen and oxygen atoms in total. The van der Waals surface area contributed by atoms with E-state index in [0.29, 0.717) is 6.54 Å². The van der Waals surface area contributed by atoms with Gasteiger partial charge in [0, 0.05) is 25.5 Å². The zero-order chi connectivity index (χ0) is 17.4. The monoisotopic (exact) mass is 346 g/mol. The van der Waals surface area contributed by atoms with Crippen LogP contribution in [0.3, 0.4) is 0 Å². The molecular formula is C18H26N4OS. The van der Waals surface area contributed by atoms with Crippen molar-refractivity contribution in [3.63, 3.8) is 0 Å². The highest BCUT2D eigenvalue weighted by atomic mass is 32.1. The van der Waals surface area contributed by atoms with Crippen LogP contribution >= 0.6 is 11.3 Å². The normalized spacial score (nSPS) is 14.2. The van der Waals surface area contributed by atoms with Gasteiger partial charge >= 0.3 is 0 Å². The first-order valence-electron chi connectivity index (χ1n) is 8.19. The second-order valence-electron chi connectivity index (χ2n) is 5.96. The quantitative estimate of drug-likeness (QED) is 0.532. The number of rotatable bonds is 7. The molecule has 0 aromatic carbocycles. The molecule has 0 aliphatic heterocycles. The first kappa shape index (κ1) is 18.4. The zero-order valence-corrected chi connectivity index (χ0v) is 15.4. The van der Waals surface area contributed by atoms with Crippen LogP contribution in [0.5, 0.6) is 0 Å². The molecule has 1 atom stereocenters. The summed E-state index contributed by atoms with van der Waals surface area (Å²) in [4.78, 5) is 8.65. The van der Waals surface area contributed by atoms with Crippen molar-refractivity contribution in [1.82, 2.24) is 15.6 Å². The van der Waals surface area contributed by atoms with Crippen molar-refractivity contribution in [2.45, 2.75) is 32.8 Å². The van der Waals surface area contributed by atoms with Crippen molar-refractivity contribution in [1.29, 1.82) is 0 Å². The molecular weight excluding hydrogens is 320 g/mol. The molecule has 0 amide bonds. The van der Waals surface area contributed by atoms with Gasteiger partial charge in [-0.05, 0) is 66.8 Å². The summed E-state index contributed by atoms with van der Waals surface area (Å²) in [5, 5.41) is 21.0. The molecule has 0 spiro atoms. The minimum atomic E-state index is -0.954. The van der Waals surface area contributed by atoms with Gasteiger partial charge in [0.05, 0.1) is 6.54 Å². The summed E-state index contributed by atoms with van der Waals surface area (Å²) in [5.74, 6) is 0.722. The van der Waals surface area contributed by atoms with Gasteiger partial charge in [0.25, 0.3) is 0 Å². The van der Waals surface area contributed by atoms with Gasteiger partial charge < -0.3 is 15.7 Å². The van der Waals surface area contributed by atoms with Crippen LogP contribution in [0.1, 0.15) is 30.5 Å². The Bertz CT molecular complexity index is 653. The summed E-state index contributed by atoms with van der Waals surface area (Å²) in [6.07, 6.45) is 4.60. The van der Waals surface area contributed by atoms with Crippen molar-refractivity contribution >= 4 is 17.3 Å². The highest BCUT2D eigenvalue weighted by Crippen LogP contribution is 2.23. The van der Waals surface area contributed by atoms with Crippen LogP contribution in [0.25, 0.3) is 0 Å². The summed E-state index contributed by atoms with van der Waals surface area (Å²) < 4.78 is 0. The lowest BCUT2D eigenvalue weighted by Crippen LogP contribution is -2.39.